The molecule has 0 aliphatic carbocycles. The van der Waals surface area contributed by atoms with Gasteiger partial charge >= 0.3 is 6.18 Å². The van der Waals surface area contributed by atoms with E-state index in [1.807, 2.05) is 0 Å². The number of aromatic nitrogens is 4. The topological polar surface area (TPSA) is 73.0 Å². The van der Waals surface area contributed by atoms with Crippen LogP contribution < -0.4 is 10.2 Å². The molecule has 2 saturated heterocycles. The summed E-state index contributed by atoms with van der Waals surface area (Å²) in [6.07, 6.45) is 4.21. The highest BCUT2D eigenvalue weighted by molar-refractivity contribution is 6.34. The zero-order valence-corrected chi connectivity index (χ0v) is 23.3. The summed E-state index contributed by atoms with van der Waals surface area (Å²) in [7, 11) is 0. The average Bonchev–Trinajstić information content (AvgIpc) is 3.23. The molecule has 0 atom stereocenters. The number of H-pyrrole nitrogens is 1. The maximum atomic E-state index is 12.8. The molecule has 4 aromatic rings. The summed E-state index contributed by atoms with van der Waals surface area (Å²) < 4.78 is 38.5. The highest BCUT2D eigenvalue weighted by Gasteiger charge is 2.32. The molecule has 2 aliphatic rings. The third-order valence-corrected chi connectivity index (χ3v) is 7.96. The van der Waals surface area contributed by atoms with Crippen molar-refractivity contribution in [3.63, 3.8) is 0 Å². The molecule has 0 radical (unpaired) electrons. The van der Waals surface area contributed by atoms with Crippen LogP contribution in [-0.2, 0) is 12.7 Å². The molecule has 0 unspecified atom stereocenters. The second kappa shape index (κ2) is 11.8. The Morgan fingerprint density at radius 1 is 0.927 bits per heavy atom. The fourth-order valence-corrected chi connectivity index (χ4v) is 5.74. The van der Waals surface area contributed by atoms with Crippen LogP contribution in [0.4, 0.5) is 18.9 Å². The number of rotatable bonds is 5. The molecule has 0 spiro atoms. The van der Waals surface area contributed by atoms with Gasteiger partial charge in [0.2, 0.25) is 0 Å². The van der Waals surface area contributed by atoms with Gasteiger partial charge in [-0.25, -0.2) is 9.97 Å². The van der Waals surface area contributed by atoms with Crippen LogP contribution in [0.3, 0.4) is 0 Å². The third kappa shape index (κ3) is 6.39. The van der Waals surface area contributed by atoms with Crippen LogP contribution in [0.2, 0.25) is 5.02 Å². The lowest BCUT2D eigenvalue weighted by molar-refractivity contribution is -0.141. The Kier molecular flexibility index (Phi) is 7.96. The molecule has 0 saturated carbocycles. The smallest absolute Gasteiger partial charge is 0.366 e. The molecule has 1 aromatic carbocycles. The molecular weight excluding hydrogens is 551 g/mol. The van der Waals surface area contributed by atoms with Crippen molar-refractivity contribution in [2.75, 3.05) is 44.2 Å². The predicted molar refractivity (Wildman–Crippen MR) is 156 cm³/mol. The van der Waals surface area contributed by atoms with Crippen LogP contribution >= 0.6 is 11.6 Å². The minimum absolute atomic E-state index is 0.536. The van der Waals surface area contributed by atoms with Gasteiger partial charge in [-0.05, 0) is 49.5 Å². The SMILES string of the molecule is FC(F)(F)c1ccc(CN2CCN(c3c(Cl)cnc4[nH]c(-c5ccc(/C=C6/CCCNCC6)cc5)nc34)CC2)cn1. The summed E-state index contributed by atoms with van der Waals surface area (Å²) in [4.78, 5) is 20.7. The molecule has 2 fully saturated rings. The minimum Gasteiger partial charge on any atom is -0.366 e. The number of piperazine rings is 1. The van der Waals surface area contributed by atoms with Crippen LogP contribution in [-0.4, -0.2) is 64.1 Å². The number of nitrogens with one attached hydrogen (secondary N) is 2. The van der Waals surface area contributed by atoms with Crippen molar-refractivity contribution < 1.29 is 13.2 Å². The third-order valence-electron chi connectivity index (χ3n) is 7.68. The van der Waals surface area contributed by atoms with Gasteiger partial charge in [0.1, 0.15) is 17.0 Å². The van der Waals surface area contributed by atoms with Crippen LogP contribution in [0.1, 0.15) is 36.1 Å². The van der Waals surface area contributed by atoms with Crippen LogP contribution in [0.15, 0.2) is 54.4 Å². The van der Waals surface area contributed by atoms with Gasteiger partial charge in [-0.2, -0.15) is 13.2 Å². The molecule has 2 N–H and O–H groups in total. The Labute approximate surface area is 241 Å². The zero-order valence-electron chi connectivity index (χ0n) is 22.5. The van der Waals surface area contributed by atoms with Gasteiger partial charge in [-0.1, -0.05) is 53.6 Å². The van der Waals surface area contributed by atoms with Gasteiger partial charge in [0.05, 0.1) is 16.9 Å². The maximum Gasteiger partial charge on any atom is 0.433 e. The summed E-state index contributed by atoms with van der Waals surface area (Å²) in [6.45, 7) is 5.51. The van der Waals surface area contributed by atoms with E-state index in [1.54, 1.807) is 6.20 Å². The number of hydrogen-bond acceptors (Lipinski definition) is 6. The normalized spacial score (nSPS) is 18.2. The average molecular weight is 582 g/mol. The van der Waals surface area contributed by atoms with Gasteiger partial charge < -0.3 is 15.2 Å². The molecule has 11 heteroatoms. The van der Waals surface area contributed by atoms with Gasteiger partial charge in [0, 0.05) is 44.5 Å². The van der Waals surface area contributed by atoms with Crippen molar-refractivity contribution in [1.29, 1.82) is 0 Å². The monoisotopic (exact) mass is 581 g/mol. The zero-order chi connectivity index (χ0) is 28.4. The highest BCUT2D eigenvalue weighted by Crippen LogP contribution is 2.34. The molecule has 7 nitrogen and oxygen atoms in total. The second-order valence-corrected chi connectivity index (χ2v) is 11.0. The van der Waals surface area contributed by atoms with Crippen molar-refractivity contribution in [2.24, 2.45) is 0 Å². The van der Waals surface area contributed by atoms with Gasteiger partial charge in [-0.15, -0.1) is 0 Å². The molecule has 0 bridgehead atoms. The standard InChI is InChI=1S/C30H31ClF3N7/c31-24-18-37-29-26(38-28(39-29)23-6-3-21(4-7-23)16-20-2-1-10-35-11-9-20)27(24)41-14-12-40(13-15-41)19-22-5-8-25(36-17-22)30(32,33)34/h3-8,16-18,35H,1-2,9-15,19H2,(H,37,38,39)/b20-16-. The summed E-state index contributed by atoms with van der Waals surface area (Å²) in [5, 5.41) is 3.99. The molecule has 41 heavy (non-hydrogen) atoms. The molecule has 3 aromatic heterocycles. The van der Waals surface area contributed by atoms with E-state index < -0.39 is 11.9 Å². The molecule has 5 heterocycles. The Morgan fingerprint density at radius 2 is 1.73 bits per heavy atom. The summed E-state index contributed by atoms with van der Waals surface area (Å²) >= 11 is 6.65. The first kappa shape index (κ1) is 27.7. The van der Waals surface area contributed by atoms with E-state index in [0.29, 0.717) is 30.3 Å². The van der Waals surface area contributed by atoms with Gasteiger partial charge in [-0.3, -0.25) is 9.88 Å². The van der Waals surface area contributed by atoms with E-state index >= 15 is 0 Å². The Hall–Kier alpha value is -3.47. The van der Waals surface area contributed by atoms with E-state index in [0.717, 1.165) is 73.2 Å². The molecular formula is C30H31ClF3N7. The van der Waals surface area contributed by atoms with Crippen molar-refractivity contribution in [3.05, 3.63) is 76.2 Å². The first-order chi connectivity index (χ1) is 19.8. The fraction of sp³-hybridized carbons (Fsp3) is 0.367. The van der Waals surface area contributed by atoms with E-state index in [4.69, 9.17) is 16.6 Å². The number of imidazole rings is 1. The Bertz CT molecular complexity index is 1510. The lowest BCUT2D eigenvalue weighted by Crippen LogP contribution is -2.46. The Morgan fingerprint density at radius 3 is 2.46 bits per heavy atom. The predicted octanol–water partition coefficient (Wildman–Crippen LogP) is 6.17. The molecule has 6 rings (SSSR count). The maximum absolute atomic E-state index is 12.8. The quantitative estimate of drug-likeness (QED) is 0.294. The Balaban J connectivity index is 1.15. The van der Waals surface area contributed by atoms with Gasteiger partial charge in [0.15, 0.2) is 5.65 Å². The number of anilines is 1. The van der Waals surface area contributed by atoms with Crippen molar-refractivity contribution in [3.8, 4) is 11.4 Å². The molecule has 0 amide bonds. The number of nitrogens with zero attached hydrogens (tertiary/aromatic N) is 5. The van der Waals surface area contributed by atoms with Crippen LogP contribution in [0, 0.1) is 0 Å². The highest BCUT2D eigenvalue weighted by atomic mass is 35.5. The van der Waals surface area contributed by atoms with Crippen LogP contribution in [0.5, 0.6) is 0 Å². The molecule has 2 aliphatic heterocycles. The minimum atomic E-state index is -4.43. The second-order valence-electron chi connectivity index (χ2n) is 10.6. The number of aromatic amines is 1. The molecule has 214 valence electrons. The number of halogens is 4. The summed E-state index contributed by atoms with van der Waals surface area (Å²) in [6, 6.07) is 10.9. The van der Waals surface area contributed by atoms with E-state index in [-0.39, 0.29) is 0 Å². The number of alkyl halides is 3. The first-order valence-electron chi connectivity index (χ1n) is 13.9. The lowest BCUT2D eigenvalue weighted by Gasteiger charge is -2.36. The lowest BCUT2D eigenvalue weighted by atomic mass is 10.0. The van der Waals surface area contributed by atoms with E-state index in [2.05, 4.69) is 60.4 Å². The van der Waals surface area contributed by atoms with Crippen LogP contribution in [0.25, 0.3) is 28.6 Å². The first-order valence-corrected chi connectivity index (χ1v) is 14.3. The van der Waals surface area contributed by atoms with Crippen molar-refractivity contribution >= 4 is 34.5 Å². The summed E-state index contributed by atoms with van der Waals surface area (Å²) in [5.41, 5.74) is 5.77. The number of benzene rings is 1. The number of pyridine rings is 2. The van der Waals surface area contributed by atoms with E-state index in [1.165, 1.54) is 29.8 Å². The van der Waals surface area contributed by atoms with Crippen molar-refractivity contribution in [2.45, 2.75) is 32.0 Å². The van der Waals surface area contributed by atoms with E-state index in [9.17, 15) is 13.2 Å². The number of hydrogen-bond donors (Lipinski definition) is 2. The fourth-order valence-electron chi connectivity index (χ4n) is 5.49. The van der Waals surface area contributed by atoms with Crippen molar-refractivity contribution in [1.82, 2.24) is 30.2 Å². The largest absolute Gasteiger partial charge is 0.433 e. The van der Waals surface area contributed by atoms with Gasteiger partial charge in [0.25, 0.3) is 0 Å². The summed E-state index contributed by atoms with van der Waals surface area (Å²) in [5.74, 6) is 0.738. The number of fused-ring (bicyclic) bond motifs is 1.